The molecule has 0 aliphatic heterocycles. The molecule has 0 radical (unpaired) electrons. The quantitative estimate of drug-likeness (QED) is 0.909. The van der Waals surface area contributed by atoms with Crippen molar-refractivity contribution in [3.63, 3.8) is 0 Å². The van der Waals surface area contributed by atoms with Crippen LogP contribution in [0.15, 0.2) is 18.5 Å². The largest absolute Gasteiger partial charge is 0.310 e. The fourth-order valence-electron chi connectivity index (χ4n) is 2.60. The molecule has 19 heavy (non-hydrogen) atoms. The molecule has 1 aromatic rings. The highest BCUT2D eigenvalue weighted by Gasteiger charge is 2.25. The van der Waals surface area contributed by atoms with Gasteiger partial charge < -0.3 is 5.32 Å². The second-order valence-electron chi connectivity index (χ2n) is 5.00. The minimum atomic E-state index is -0.665. The summed E-state index contributed by atoms with van der Waals surface area (Å²) in [6.07, 6.45) is 7.95. The van der Waals surface area contributed by atoms with Crippen molar-refractivity contribution in [2.45, 2.75) is 50.4 Å². The minimum absolute atomic E-state index is 0.362. The van der Waals surface area contributed by atoms with Crippen LogP contribution in [0.4, 0.5) is 0 Å². The van der Waals surface area contributed by atoms with Gasteiger partial charge in [-0.25, -0.2) is 0 Å². The average Bonchev–Trinajstić information content (AvgIpc) is 2.46. The van der Waals surface area contributed by atoms with Gasteiger partial charge in [0, 0.05) is 57.4 Å². The van der Waals surface area contributed by atoms with Crippen molar-refractivity contribution in [3.05, 3.63) is 29.0 Å². The molecule has 0 spiro atoms. The Morgan fingerprint density at radius 2 is 2.37 bits per heavy atom. The maximum absolute atomic E-state index is 11.9. The molecule has 1 aliphatic rings. The van der Waals surface area contributed by atoms with Gasteiger partial charge in [0.1, 0.15) is 0 Å². The van der Waals surface area contributed by atoms with Crippen molar-refractivity contribution >= 4 is 22.4 Å². The van der Waals surface area contributed by atoms with E-state index < -0.39 is 10.8 Å². The first-order chi connectivity index (χ1) is 9.20. The maximum atomic E-state index is 11.9. The molecule has 5 heteroatoms. The third-order valence-corrected chi connectivity index (χ3v) is 5.82. The molecule has 1 saturated carbocycles. The Hall–Kier alpha value is -0.450. The van der Waals surface area contributed by atoms with Crippen molar-refractivity contribution in [3.8, 4) is 0 Å². The fraction of sp³-hybridized carbons (Fsp3) is 0.643. The Morgan fingerprint density at radius 3 is 3.11 bits per heavy atom. The van der Waals surface area contributed by atoms with Crippen LogP contribution >= 0.6 is 11.6 Å². The van der Waals surface area contributed by atoms with Crippen LogP contribution in [0.2, 0.25) is 5.02 Å². The van der Waals surface area contributed by atoms with E-state index in [0.29, 0.717) is 11.3 Å². The topological polar surface area (TPSA) is 42.0 Å². The summed E-state index contributed by atoms with van der Waals surface area (Å²) in [5.74, 6) is 0.770. The van der Waals surface area contributed by atoms with E-state index in [1.165, 1.54) is 0 Å². The van der Waals surface area contributed by atoms with Crippen LogP contribution in [0, 0.1) is 0 Å². The van der Waals surface area contributed by atoms with E-state index in [1.807, 2.05) is 13.0 Å². The minimum Gasteiger partial charge on any atom is -0.310 e. The van der Waals surface area contributed by atoms with Crippen LogP contribution in [0.25, 0.3) is 0 Å². The summed E-state index contributed by atoms with van der Waals surface area (Å²) >= 11 is 6.11. The molecular formula is C14H21ClN2OS. The second-order valence-corrected chi connectivity index (χ2v) is 7.42. The van der Waals surface area contributed by atoms with Crippen LogP contribution in [-0.4, -0.2) is 26.2 Å². The van der Waals surface area contributed by atoms with Gasteiger partial charge in [0.2, 0.25) is 0 Å². The van der Waals surface area contributed by atoms with Gasteiger partial charge in [-0.1, -0.05) is 24.9 Å². The molecule has 3 atom stereocenters. The number of hydrogen-bond donors (Lipinski definition) is 1. The van der Waals surface area contributed by atoms with E-state index in [2.05, 4.69) is 10.3 Å². The van der Waals surface area contributed by atoms with Crippen molar-refractivity contribution in [1.82, 2.24) is 10.3 Å². The monoisotopic (exact) mass is 300 g/mol. The number of pyridine rings is 1. The highest BCUT2D eigenvalue weighted by Crippen LogP contribution is 2.23. The maximum Gasteiger partial charge on any atom is 0.0481 e. The van der Waals surface area contributed by atoms with Gasteiger partial charge in [-0.3, -0.25) is 9.19 Å². The molecule has 2 rings (SSSR count). The molecule has 1 N–H and O–H groups in total. The molecule has 3 unspecified atom stereocenters. The molecule has 3 nitrogen and oxygen atoms in total. The van der Waals surface area contributed by atoms with Gasteiger partial charge in [0.05, 0.1) is 0 Å². The molecule has 106 valence electrons. The number of halogens is 1. The highest BCUT2D eigenvalue weighted by molar-refractivity contribution is 7.85. The lowest BCUT2D eigenvalue weighted by atomic mass is 9.95. The summed E-state index contributed by atoms with van der Waals surface area (Å²) < 4.78 is 11.9. The normalized spacial score (nSPS) is 25.2. The first-order valence-corrected chi connectivity index (χ1v) is 8.65. The van der Waals surface area contributed by atoms with Gasteiger partial charge in [-0.15, -0.1) is 0 Å². The van der Waals surface area contributed by atoms with Gasteiger partial charge in [-0.05, 0) is 25.3 Å². The van der Waals surface area contributed by atoms with E-state index in [9.17, 15) is 4.21 Å². The Kier molecular flexibility index (Phi) is 5.79. The number of nitrogens with one attached hydrogen (secondary N) is 1. The van der Waals surface area contributed by atoms with E-state index in [4.69, 9.17) is 11.6 Å². The fourth-order valence-corrected chi connectivity index (χ4v) is 4.12. The zero-order valence-corrected chi connectivity index (χ0v) is 12.8. The first-order valence-electron chi connectivity index (χ1n) is 6.89. The van der Waals surface area contributed by atoms with Crippen molar-refractivity contribution in [2.24, 2.45) is 0 Å². The summed E-state index contributed by atoms with van der Waals surface area (Å²) in [7, 11) is -0.665. The summed E-state index contributed by atoms with van der Waals surface area (Å²) in [4.78, 5) is 4.09. The Bertz CT molecular complexity index is 441. The predicted molar refractivity (Wildman–Crippen MR) is 80.8 cm³/mol. The summed E-state index contributed by atoms with van der Waals surface area (Å²) in [5, 5.41) is 4.65. The third kappa shape index (κ3) is 4.26. The molecule has 1 aromatic heterocycles. The summed E-state index contributed by atoms with van der Waals surface area (Å²) in [6.45, 7) is 2.74. The Labute approximate surface area is 122 Å². The number of aromatic nitrogens is 1. The zero-order chi connectivity index (χ0) is 13.7. The summed E-state index contributed by atoms with van der Waals surface area (Å²) in [5.41, 5.74) is 1.03. The SMILES string of the molecule is CCS(=O)C1CCCC(NCc2cnccc2Cl)C1. The number of rotatable bonds is 5. The van der Waals surface area contributed by atoms with Crippen molar-refractivity contribution < 1.29 is 4.21 Å². The van der Waals surface area contributed by atoms with Gasteiger partial charge >= 0.3 is 0 Å². The van der Waals surface area contributed by atoms with Gasteiger partial charge in [0.25, 0.3) is 0 Å². The molecule has 0 amide bonds. The van der Waals surface area contributed by atoms with Gasteiger partial charge in [0.15, 0.2) is 0 Å². The molecule has 1 aliphatic carbocycles. The Morgan fingerprint density at radius 1 is 1.53 bits per heavy atom. The molecule has 0 bridgehead atoms. The number of nitrogens with zero attached hydrogens (tertiary/aromatic N) is 1. The van der Waals surface area contributed by atoms with Crippen LogP contribution in [0.3, 0.4) is 0 Å². The van der Waals surface area contributed by atoms with Crippen molar-refractivity contribution in [1.29, 1.82) is 0 Å². The van der Waals surface area contributed by atoms with Crippen LogP contribution in [0.1, 0.15) is 38.2 Å². The Balaban J connectivity index is 1.86. The molecular weight excluding hydrogens is 280 g/mol. The standard InChI is InChI=1S/C14H21ClN2OS/c1-2-19(18)13-5-3-4-12(8-13)17-10-11-9-16-7-6-14(11)15/h6-7,9,12-13,17H,2-5,8,10H2,1H3. The lowest BCUT2D eigenvalue weighted by Gasteiger charge is -2.29. The smallest absolute Gasteiger partial charge is 0.0481 e. The molecule has 1 heterocycles. The van der Waals surface area contributed by atoms with E-state index >= 15 is 0 Å². The van der Waals surface area contributed by atoms with E-state index in [0.717, 1.165) is 48.6 Å². The van der Waals surface area contributed by atoms with Crippen LogP contribution in [0.5, 0.6) is 0 Å². The van der Waals surface area contributed by atoms with Crippen LogP contribution < -0.4 is 5.32 Å². The first kappa shape index (κ1) is 14.9. The molecule has 0 aromatic carbocycles. The highest BCUT2D eigenvalue weighted by atomic mass is 35.5. The van der Waals surface area contributed by atoms with Crippen LogP contribution in [-0.2, 0) is 17.3 Å². The zero-order valence-electron chi connectivity index (χ0n) is 11.3. The molecule has 1 fully saturated rings. The number of hydrogen-bond acceptors (Lipinski definition) is 3. The lowest BCUT2D eigenvalue weighted by Crippen LogP contribution is -2.37. The molecule has 0 saturated heterocycles. The average molecular weight is 301 g/mol. The third-order valence-electron chi connectivity index (χ3n) is 3.71. The van der Waals surface area contributed by atoms with Crippen molar-refractivity contribution in [2.75, 3.05) is 5.75 Å². The van der Waals surface area contributed by atoms with E-state index in [-0.39, 0.29) is 0 Å². The predicted octanol–water partition coefficient (Wildman–Crippen LogP) is 2.90. The lowest BCUT2D eigenvalue weighted by molar-refractivity contribution is 0.376. The van der Waals surface area contributed by atoms with Gasteiger partial charge in [-0.2, -0.15) is 0 Å². The second kappa shape index (κ2) is 7.36. The van der Waals surface area contributed by atoms with E-state index in [1.54, 1.807) is 12.4 Å². The summed E-state index contributed by atoms with van der Waals surface area (Å²) in [6, 6.07) is 2.26.